The molecular formula is C22H20N2OS. The van der Waals surface area contributed by atoms with Crippen LogP contribution in [0.25, 0.3) is 6.08 Å². The second kappa shape index (κ2) is 9.02. The number of carbonyl (C=O) groups is 1. The molecule has 0 aliphatic heterocycles. The number of rotatable bonds is 6. The molecule has 0 atom stereocenters. The Morgan fingerprint density at radius 2 is 1.96 bits per heavy atom. The van der Waals surface area contributed by atoms with Crippen molar-refractivity contribution in [2.45, 2.75) is 17.6 Å². The largest absolute Gasteiger partial charge is 0.323 e. The Balaban J connectivity index is 1.52. The maximum atomic E-state index is 12.1. The molecule has 3 rings (SSSR count). The summed E-state index contributed by atoms with van der Waals surface area (Å²) in [6.45, 7) is 2.03. The first-order valence-corrected chi connectivity index (χ1v) is 9.35. The molecule has 26 heavy (non-hydrogen) atoms. The first-order valence-electron chi connectivity index (χ1n) is 8.36. The van der Waals surface area contributed by atoms with E-state index in [1.54, 1.807) is 24.0 Å². The zero-order valence-corrected chi connectivity index (χ0v) is 15.4. The fraction of sp³-hybridized carbons (Fsp3) is 0.0909. The maximum Gasteiger partial charge on any atom is 0.248 e. The van der Waals surface area contributed by atoms with Crippen molar-refractivity contribution in [2.24, 2.45) is 0 Å². The fourth-order valence-corrected chi connectivity index (χ4v) is 3.25. The molecule has 0 radical (unpaired) electrons. The number of pyridine rings is 1. The molecular weight excluding hydrogens is 340 g/mol. The molecule has 0 spiro atoms. The van der Waals surface area contributed by atoms with Crippen LogP contribution in [0.5, 0.6) is 0 Å². The molecule has 3 aromatic rings. The third-order valence-corrected chi connectivity index (χ3v) is 4.80. The minimum absolute atomic E-state index is 0.137. The van der Waals surface area contributed by atoms with E-state index in [0.29, 0.717) is 0 Å². The number of nitrogens with one attached hydrogen (secondary N) is 1. The van der Waals surface area contributed by atoms with Crippen LogP contribution in [0.1, 0.15) is 16.7 Å². The molecule has 130 valence electrons. The van der Waals surface area contributed by atoms with Crippen molar-refractivity contribution in [1.29, 1.82) is 0 Å². The van der Waals surface area contributed by atoms with Gasteiger partial charge in [-0.05, 0) is 54.5 Å². The number of hydrogen-bond acceptors (Lipinski definition) is 3. The number of thioether (sulfide) groups is 1. The Hall–Kier alpha value is -2.85. The lowest BCUT2D eigenvalue weighted by Gasteiger charge is -2.05. The summed E-state index contributed by atoms with van der Waals surface area (Å²) in [4.78, 5) is 17.3. The fourth-order valence-electron chi connectivity index (χ4n) is 2.41. The molecule has 0 saturated carbocycles. The Kier molecular flexibility index (Phi) is 6.23. The average molecular weight is 360 g/mol. The van der Waals surface area contributed by atoms with Crippen LogP contribution in [-0.4, -0.2) is 10.9 Å². The third kappa shape index (κ3) is 5.60. The van der Waals surface area contributed by atoms with Crippen LogP contribution >= 0.6 is 11.8 Å². The normalized spacial score (nSPS) is 10.8. The van der Waals surface area contributed by atoms with E-state index >= 15 is 0 Å². The van der Waals surface area contributed by atoms with Gasteiger partial charge in [0.1, 0.15) is 0 Å². The Bertz CT molecular complexity index is 890. The van der Waals surface area contributed by atoms with Gasteiger partial charge < -0.3 is 5.32 Å². The summed E-state index contributed by atoms with van der Waals surface area (Å²) >= 11 is 1.74. The number of amides is 1. The minimum Gasteiger partial charge on any atom is -0.323 e. The molecule has 0 aliphatic rings. The van der Waals surface area contributed by atoms with E-state index in [2.05, 4.69) is 16.4 Å². The van der Waals surface area contributed by atoms with Crippen molar-refractivity contribution in [3.8, 4) is 0 Å². The van der Waals surface area contributed by atoms with E-state index in [0.717, 1.165) is 21.9 Å². The molecule has 0 saturated heterocycles. The molecule has 1 heterocycles. The minimum atomic E-state index is -0.137. The molecule has 0 unspecified atom stereocenters. The number of benzene rings is 2. The number of nitrogens with zero attached hydrogens (tertiary/aromatic N) is 1. The smallest absolute Gasteiger partial charge is 0.248 e. The second-order valence-electron chi connectivity index (χ2n) is 5.91. The summed E-state index contributed by atoms with van der Waals surface area (Å²) < 4.78 is 0. The van der Waals surface area contributed by atoms with E-state index in [9.17, 15) is 4.79 Å². The van der Waals surface area contributed by atoms with Crippen LogP contribution in [0.15, 0.2) is 84.0 Å². The van der Waals surface area contributed by atoms with Crippen molar-refractivity contribution in [2.75, 3.05) is 5.32 Å². The van der Waals surface area contributed by atoms with Gasteiger partial charge in [-0.15, -0.1) is 11.8 Å². The lowest BCUT2D eigenvalue weighted by Crippen LogP contribution is -2.07. The van der Waals surface area contributed by atoms with Gasteiger partial charge in [0.05, 0.1) is 0 Å². The molecule has 1 N–H and O–H groups in total. The van der Waals surface area contributed by atoms with Crippen molar-refractivity contribution in [3.63, 3.8) is 0 Å². The highest BCUT2D eigenvalue weighted by molar-refractivity contribution is 7.98. The van der Waals surface area contributed by atoms with Gasteiger partial charge in [0, 0.05) is 34.8 Å². The molecule has 2 aromatic carbocycles. The Morgan fingerprint density at radius 3 is 2.69 bits per heavy atom. The Labute approximate surface area is 158 Å². The number of aryl methyl sites for hydroxylation is 1. The first-order chi connectivity index (χ1) is 12.7. The van der Waals surface area contributed by atoms with E-state index in [-0.39, 0.29) is 5.91 Å². The molecule has 1 aromatic heterocycles. The SMILES string of the molecule is Cc1cccc(/C=C/C(=O)Nc2ccc(SCc3cccnc3)cc2)c1. The highest BCUT2D eigenvalue weighted by Gasteiger charge is 2.00. The van der Waals surface area contributed by atoms with Crippen LogP contribution in [0, 0.1) is 6.92 Å². The summed E-state index contributed by atoms with van der Waals surface area (Å²) in [7, 11) is 0. The van der Waals surface area contributed by atoms with Gasteiger partial charge in [-0.1, -0.05) is 35.9 Å². The highest BCUT2D eigenvalue weighted by atomic mass is 32.2. The lowest BCUT2D eigenvalue weighted by molar-refractivity contribution is -0.111. The second-order valence-corrected chi connectivity index (χ2v) is 6.96. The topological polar surface area (TPSA) is 42.0 Å². The van der Waals surface area contributed by atoms with Gasteiger partial charge in [0.15, 0.2) is 0 Å². The van der Waals surface area contributed by atoms with Crippen LogP contribution < -0.4 is 5.32 Å². The van der Waals surface area contributed by atoms with Gasteiger partial charge in [-0.25, -0.2) is 0 Å². The summed E-state index contributed by atoms with van der Waals surface area (Å²) in [5.41, 5.74) is 4.17. The summed E-state index contributed by atoms with van der Waals surface area (Å²) in [6.07, 6.45) is 7.03. The first kappa shape index (κ1) is 18.0. The predicted octanol–water partition coefficient (Wildman–Crippen LogP) is 5.33. The maximum absolute atomic E-state index is 12.1. The van der Waals surface area contributed by atoms with Crippen LogP contribution in [0.3, 0.4) is 0 Å². The van der Waals surface area contributed by atoms with E-state index in [1.807, 2.05) is 73.8 Å². The van der Waals surface area contributed by atoms with Crippen molar-refractivity contribution < 1.29 is 4.79 Å². The van der Waals surface area contributed by atoms with Gasteiger partial charge in [-0.3, -0.25) is 9.78 Å². The van der Waals surface area contributed by atoms with E-state index in [1.165, 1.54) is 11.1 Å². The Morgan fingerprint density at radius 1 is 1.12 bits per heavy atom. The van der Waals surface area contributed by atoms with Crippen molar-refractivity contribution >= 4 is 29.4 Å². The van der Waals surface area contributed by atoms with Gasteiger partial charge in [0.2, 0.25) is 5.91 Å². The average Bonchev–Trinajstić information content (AvgIpc) is 2.67. The zero-order valence-electron chi connectivity index (χ0n) is 14.6. The highest BCUT2D eigenvalue weighted by Crippen LogP contribution is 2.23. The van der Waals surface area contributed by atoms with Crippen LogP contribution in [0.2, 0.25) is 0 Å². The van der Waals surface area contributed by atoms with Gasteiger partial charge in [-0.2, -0.15) is 0 Å². The summed E-state index contributed by atoms with van der Waals surface area (Å²) in [5.74, 6) is 0.737. The molecule has 3 nitrogen and oxygen atoms in total. The van der Waals surface area contributed by atoms with Crippen LogP contribution in [-0.2, 0) is 10.5 Å². The van der Waals surface area contributed by atoms with Gasteiger partial charge >= 0.3 is 0 Å². The molecule has 0 aliphatic carbocycles. The quantitative estimate of drug-likeness (QED) is 0.477. The number of carbonyl (C=O) groups excluding carboxylic acids is 1. The van der Waals surface area contributed by atoms with E-state index in [4.69, 9.17) is 0 Å². The number of hydrogen-bond donors (Lipinski definition) is 1. The number of anilines is 1. The van der Waals surface area contributed by atoms with E-state index < -0.39 is 0 Å². The molecule has 0 bridgehead atoms. The zero-order chi connectivity index (χ0) is 18.2. The summed E-state index contributed by atoms with van der Waals surface area (Å²) in [5, 5.41) is 2.88. The lowest BCUT2D eigenvalue weighted by atomic mass is 10.1. The molecule has 1 amide bonds. The van der Waals surface area contributed by atoms with Crippen molar-refractivity contribution in [1.82, 2.24) is 4.98 Å². The monoisotopic (exact) mass is 360 g/mol. The predicted molar refractivity (Wildman–Crippen MR) is 109 cm³/mol. The molecule has 4 heteroatoms. The standard InChI is InChI=1S/C22H20N2OS/c1-17-4-2-5-18(14-17)7-12-22(25)24-20-8-10-21(11-9-20)26-16-19-6-3-13-23-15-19/h2-15H,16H2,1H3,(H,24,25)/b12-7+. The van der Waals surface area contributed by atoms with Gasteiger partial charge in [0.25, 0.3) is 0 Å². The third-order valence-electron chi connectivity index (χ3n) is 3.72. The summed E-state index contributed by atoms with van der Waals surface area (Å²) in [6, 6.07) is 19.9. The van der Waals surface area contributed by atoms with Crippen molar-refractivity contribution in [3.05, 3.63) is 95.8 Å². The molecule has 0 fully saturated rings. The van der Waals surface area contributed by atoms with Crippen LogP contribution in [0.4, 0.5) is 5.69 Å². The number of aromatic nitrogens is 1.